The average Bonchev–Trinajstić information content (AvgIpc) is 2.13. The Morgan fingerprint density at radius 1 is 1.00 bits per heavy atom. The fraction of sp³-hybridized carbons (Fsp3) is 0.571. The van der Waals surface area contributed by atoms with Gasteiger partial charge in [0.2, 0.25) is 0 Å². The predicted octanol–water partition coefficient (Wildman–Crippen LogP) is -0.551. The Hall–Kier alpha value is 0.449. The molecule has 0 bridgehead atoms. The molecule has 0 saturated carbocycles. The molecule has 56 valence electrons. The number of aryl methyl sites for hydroxylation is 2. The zero-order chi connectivity index (χ0) is 7.72. The van der Waals surface area contributed by atoms with E-state index in [-0.39, 0.29) is 0 Å². The van der Waals surface area contributed by atoms with Crippen molar-refractivity contribution in [1.82, 2.24) is 4.58 Å². The van der Waals surface area contributed by atoms with Crippen LogP contribution in [-0.2, 0) is 0 Å². The first kappa shape index (κ1) is 8.54. The Balaban J connectivity index is 3.37. The van der Waals surface area contributed by atoms with E-state index in [1.807, 2.05) is 0 Å². The third kappa shape index (κ3) is 1.73. The van der Waals surface area contributed by atoms with Crippen LogP contribution in [0.15, 0.2) is 0 Å². The van der Waals surface area contributed by atoms with Crippen LogP contribution < -0.4 is 7.68 Å². The molecule has 0 N–H and O–H groups in total. The summed E-state index contributed by atoms with van der Waals surface area (Å²) in [6.07, 6.45) is 0. The van der Waals surface area contributed by atoms with Crippen molar-refractivity contribution in [3.05, 3.63) is 12.0 Å². The summed E-state index contributed by atoms with van der Waals surface area (Å²) in [6, 6.07) is 0. The van der Waals surface area contributed by atoms with E-state index >= 15 is 0 Å². The first-order chi connectivity index (χ1) is 4.61. The summed E-state index contributed by atoms with van der Waals surface area (Å²) >= 11 is 1.38. The molecular weight excluding hydrogens is 256 g/mol. The second-order valence-corrected chi connectivity index (χ2v) is 8.84. The van der Waals surface area contributed by atoms with Gasteiger partial charge in [-0.15, -0.1) is 0 Å². The van der Waals surface area contributed by atoms with E-state index in [0.29, 0.717) is 29.0 Å². The van der Waals surface area contributed by atoms with Gasteiger partial charge in [-0.1, -0.05) is 0 Å². The third-order valence-corrected chi connectivity index (χ3v) is 8.65. The van der Waals surface area contributed by atoms with E-state index in [2.05, 4.69) is 32.5 Å². The van der Waals surface area contributed by atoms with Crippen molar-refractivity contribution in [2.24, 2.45) is 0 Å². The zero-order valence-corrected chi connectivity index (χ0v) is 10.2. The Morgan fingerprint density at radius 2 is 1.40 bits per heavy atom. The summed E-state index contributed by atoms with van der Waals surface area (Å²) < 4.78 is 7.27. The molecule has 0 spiro atoms. The van der Waals surface area contributed by atoms with Gasteiger partial charge in [-0.3, -0.25) is 0 Å². The molecule has 0 atom stereocenters. The number of rotatable bonds is 0. The van der Waals surface area contributed by atoms with Crippen molar-refractivity contribution in [1.29, 1.82) is 0 Å². The van der Waals surface area contributed by atoms with Crippen LogP contribution in [0.3, 0.4) is 0 Å². The van der Waals surface area contributed by atoms with Crippen LogP contribution in [0.5, 0.6) is 0 Å². The molecule has 0 amide bonds. The van der Waals surface area contributed by atoms with Gasteiger partial charge in [-0.2, -0.15) is 0 Å². The maximum atomic E-state index is 2.29. The molecule has 0 aromatic carbocycles. The monoisotopic (exact) mass is 270 g/mol. The van der Waals surface area contributed by atoms with Crippen LogP contribution in [0, 0.1) is 13.8 Å². The molecule has 0 aliphatic rings. The predicted molar refractivity (Wildman–Crippen MR) is 46.9 cm³/mol. The van der Waals surface area contributed by atoms with E-state index in [0.717, 1.165) is 0 Å². The van der Waals surface area contributed by atoms with Gasteiger partial charge in [0.25, 0.3) is 0 Å². The molecule has 0 saturated heterocycles. The van der Waals surface area contributed by atoms with E-state index < -0.39 is 0 Å². The van der Waals surface area contributed by atoms with Crippen LogP contribution in [0.4, 0.5) is 0 Å². The second-order valence-electron chi connectivity index (χ2n) is 2.48. The molecule has 0 radical (unpaired) electrons. The summed E-state index contributed by atoms with van der Waals surface area (Å²) in [6.45, 7) is 4.54. The van der Waals surface area contributed by atoms with E-state index in [1.54, 1.807) is 12.0 Å². The topological polar surface area (TPSA) is 3.01 Å². The molecule has 1 aromatic heterocycles. The van der Waals surface area contributed by atoms with Gasteiger partial charge in [-0.25, -0.2) is 0 Å². The van der Waals surface area contributed by atoms with Crippen LogP contribution in [-0.4, -0.2) is 43.1 Å². The van der Waals surface area contributed by atoms with Crippen molar-refractivity contribution in [2.45, 2.75) is 13.8 Å². The summed E-state index contributed by atoms with van der Waals surface area (Å²) in [5.41, 5.74) is 0. The number of nitrogens with zero attached hydrogens (tertiary/aromatic N) is 1. The first-order valence-electron chi connectivity index (χ1n) is 3.18. The molecule has 3 heteroatoms. The van der Waals surface area contributed by atoms with Crippen molar-refractivity contribution in [2.75, 3.05) is 14.1 Å². The van der Waals surface area contributed by atoms with Gasteiger partial charge < -0.3 is 0 Å². The molecule has 1 nitrogen and oxygen atoms in total. The van der Waals surface area contributed by atoms with Crippen LogP contribution >= 0.6 is 0 Å². The van der Waals surface area contributed by atoms with Gasteiger partial charge in [0, 0.05) is 0 Å². The van der Waals surface area contributed by atoms with Gasteiger partial charge in [-0.05, 0) is 0 Å². The molecule has 1 heterocycles. The molecule has 0 fully saturated rings. The number of hydrogen-bond donors (Lipinski definition) is 0. The van der Waals surface area contributed by atoms with E-state index in [1.165, 1.54) is 0 Å². The maximum absolute atomic E-state index is 2.29. The van der Waals surface area contributed by atoms with Gasteiger partial charge in [0.1, 0.15) is 0 Å². The van der Waals surface area contributed by atoms with E-state index in [9.17, 15) is 0 Å². The normalized spacial score (nSPS) is 10.0. The Morgan fingerprint density at radius 3 is 1.60 bits per heavy atom. The molecule has 10 heavy (non-hydrogen) atoms. The standard InChI is InChI=1S/C7H12NSe2/c1-5-6(2)10-7(9-5)8(3)4/h1-4H3/q+1. The Bertz CT molecular complexity index is 266. The number of hydrogen-bond acceptors (Lipinski definition) is 0. The molecule has 0 aliphatic carbocycles. The summed E-state index contributed by atoms with van der Waals surface area (Å²) in [4.78, 5) is 0. The van der Waals surface area contributed by atoms with Crippen LogP contribution in [0.25, 0.3) is 0 Å². The van der Waals surface area contributed by atoms with Crippen molar-refractivity contribution in [3.63, 3.8) is 0 Å². The summed E-state index contributed by atoms with van der Waals surface area (Å²) in [5.74, 6) is 0. The summed E-state index contributed by atoms with van der Waals surface area (Å²) in [5, 5.41) is 0. The SMILES string of the molecule is Cc1[se]c(=[N+](C)C)[se]c1C. The van der Waals surface area contributed by atoms with Crippen molar-refractivity contribution in [3.8, 4) is 0 Å². The minimum absolute atomic E-state index is 0.688. The van der Waals surface area contributed by atoms with Gasteiger partial charge in [0.15, 0.2) is 0 Å². The van der Waals surface area contributed by atoms with Gasteiger partial charge >= 0.3 is 73.5 Å². The second kappa shape index (κ2) is 3.23. The third-order valence-electron chi connectivity index (χ3n) is 1.34. The van der Waals surface area contributed by atoms with Crippen molar-refractivity contribution >= 4 is 29.0 Å². The summed E-state index contributed by atoms with van der Waals surface area (Å²) in [7, 11) is 4.31. The fourth-order valence-electron chi connectivity index (χ4n) is 0.609. The van der Waals surface area contributed by atoms with Gasteiger partial charge in [0.05, 0.1) is 0 Å². The fourth-order valence-corrected chi connectivity index (χ4v) is 7.25. The molecule has 0 unspecified atom stereocenters. The molecule has 1 aromatic rings. The Kier molecular flexibility index (Phi) is 2.76. The van der Waals surface area contributed by atoms with Crippen LogP contribution in [0.2, 0.25) is 0 Å². The zero-order valence-electron chi connectivity index (χ0n) is 6.76. The molecular formula is C7H12NSe2+. The van der Waals surface area contributed by atoms with Crippen molar-refractivity contribution < 1.29 is 0 Å². The Labute approximate surface area is 73.5 Å². The van der Waals surface area contributed by atoms with E-state index in [4.69, 9.17) is 0 Å². The first-order valence-corrected chi connectivity index (χ1v) is 6.61. The molecule has 0 aliphatic heterocycles. The van der Waals surface area contributed by atoms with Crippen LogP contribution in [0.1, 0.15) is 8.87 Å². The molecule has 1 rings (SSSR count). The average molecular weight is 268 g/mol. The minimum atomic E-state index is 0.688. The quantitative estimate of drug-likeness (QED) is 0.439.